The first-order chi connectivity index (χ1) is 7.16. The lowest BCUT2D eigenvalue weighted by Gasteiger charge is -2.01. The maximum absolute atomic E-state index is 11.2. The van der Waals surface area contributed by atoms with Gasteiger partial charge in [-0.15, -0.1) is 0 Å². The Kier molecular flexibility index (Phi) is 2.73. The van der Waals surface area contributed by atoms with Crippen LogP contribution in [-0.4, -0.2) is 9.72 Å². The van der Waals surface area contributed by atoms with Crippen LogP contribution in [0.25, 0.3) is 0 Å². The molecule has 0 radical (unpaired) electrons. The van der Waals surface area contributed by atoms with E-state index in [0.717, 1.165) is 10.0 Å². The molecule has 0 bridgehead atoms. The van der Waals surface area contributed by atoms with Crippen LogP contribution in [0.4, 0.5) is 0 Å². The summed E-state index contributed by atoms with van der Waals surface area (Å²) >= 11 is 3.35. The summed E-state index contributed by atoms with van der Waals surface area (Å²) in [5, 5.41) is 3.60. The van der Waals surface area contributed by atoms with E-state index < -0.39 is 5.76 Å². The highest BCUT2D eigenvalue weighted by Crippen LogP contribution is 2.11. The van der Waals surface area contributed by atoms with Gasteiger partial charge in [-0.05, 0) is 24.6 Å². The van der Waals surface area contributed by atoms with E-state index in [1.54, 1.807) is 6.92 Å². The van der Waals surface area contributed by atoms with Crippen molar-refractivity contribution in [1.29, 1.82) is 0 Å². The Balaban J connectivity index is 2.29. The lowest BCUT2D eigenvalue weighted by molar-refractivity contribution is 0.375. The van der Waals surface area contributed by atoms with Gasteiger partial charge in [-0.1, -0.05) is 33.2 Å². The van der Waals surface area contributed by atoms with Gasteiger partial charge in [0, 0.05) is 4.47 Å². The minimum Gasteiger partial charge on any atom is -0.296 e. The van der Waals surface area contributed by atoms with Crippen molar-refractivity contribution >= 4 is 15.9 Å². The lowest BCUT2D eigenvalue weighted by Crippen LogP contribution is -2.16. The number of aromatic nitrogens is 2. The first-order valence-corrected chi connectivity index (χ1v) is 5.23. The lowest BCUT2D eigenvalue weighted by atomic mass is 10.2. The van der Waals surface area contributed by atoms with Crippen LogP contribution in [0.5, 0.6) is 0 Å². The van der Waals surface area contributed by atoms with Crippen molar-refractivity contribution in [2.45, 2.75) is 13.5 Å². The first-order valence-electron chi connectivity index (χ1n) is 4.44. The molecule has 0 atom stereocenters. The molecule has 1 heterocycles. The quantitative estimate of drug-likeness (QED) is 0.837. The van der Waals surface area contributed by atoms with E-state index in [9.17, 15) is 4.79 Å². The largest absolute Gasteiger partial charge is 0.441 e. The standard InChI is InChI=1S/C10H9BrN2O2/c1-7-12-15-10(14)13(7)6-8-2-4-9(11)5-3-8/h2-5H,6H2,1H3. The van der Waals surface area contributed by atoms with Crippen LogP contribution in [0.1, 0.15) is 11.4 Å². The SMILES string of the molecule is Cc1noc(=O)n1Cc1ccc(Br)cc1. The highest BCUT2D eigenvalue weighted by atomic mass is 79.9. The Bertz CT molecular complexity index is 513. The number of hydrogen-bond acceptors (Lipinski definition) is 3. The summed E-state index contributed by atoms with van der Waals surface area (Å²) in [7, 11) is 0. The van der Waals surface area contributed by atoms with E-state index in [2.05, 4.69) is 25.6 Å². The van der Waals surface area contributed by atoms with Crippen molar-refractivity contribution in [2.24, 2.45) is 0 Å². The van der Waals surface area contributed by atoms with Crippen LogP contribution >= 0.6 is 15.9 Å². The van der Waals surface area contributed by atoms with Crippen LogP contribution in [0.15, 0.2) is 38.1 Å². The van der Waals surface area contributed by atoms with Gasteiger partial charge in [0.2, 0.25) is 0 Å². The molecule has 0 fully saturated rings. The number of hydrogen-bond donors (Lipinski definition) is 0. The van der Waals surface area contributed by atoms with Crippen molar-refractivity contribution < 1.29 is 4.52 Å². The molecule has 0 unspecified atom stereocenters. The van der Waals surface area contributed by atoms with E-state index in [-0.39, 0.29) is 0 Å². The molecule has 15 heavy (non-hydrogen) atoms. The van der Waals surface area contributed by atoms with Crippen molar-refractivity contribution in [3.63, 3.8) is 0 Å². The predicted molar refractivity (Wildman–Crippen MR) is 58.7 cm³/mol. The number of aryl methyl sites for hydroxylation is 1. The van der Waals surface area contributed by atoms with Crippen molar-refractivity contribution in [3.05, 3.63) is 50.7 Å². The van der Waals surface area contributed by atoms with Gasteiger partial charge < -0.3 is 0 Å². The van der Waals surface area contributed by atoms with Gasteiger partial charge in [-0.2, -0.15) is 0 Å². The average molecular weight is 269 g/mol. The van der Waals surface area contributed by atoms with Crippen molar-refractivity contribution in [2.75, 3.05) is 0 Å². The summed E-state index contributed by atoms with van der Waals surface area (Å²) in [5.74, 6) is 0.165. The van der Waals surface area contributed by atoms with E-state index in [1.807, 2.05) is 24.3 Å². The summed E-state index contributed by atoms with van der Waals surface area (Å²) in [5.41, 5.74) is 1.03. The molecule has 0 N–H and O–H groups in total. The Hall–Kier alpha value is -1.36. The summed E-state index contributed by atoms with van der Waals surface area (Å²) in [4.78, 5) is 11.2. The van der Waals surface area contributed by atoms with Gasteiger partial charge >= 0.3 is 5.76 Å². The molecule has 0 aliphatic carbocycles. The fourth-order valence-electron chi connectivity index (χ4n) is 1.29. The molecule has 78 valence electrons. The summed E-state index contributed by atoms with van der Waals surface area (Å²) in [6.07, 6.45) is 0. The van der Waals surface area contributed by atoms with E-state index in [1.165, 1.54) is 4.57 Å². The molecule has 0 saturated carbocycles. The topological polar surface area (TPSA) is 48.0 Å². The third kappa shape index (κ3) is 2.18. The Morgan fingerprint density at radius 1 is 1.40 bits per heavy atom. The van der Waals surface area contributed by atoms with Gasteiger partial charge in [-0.25, -0.2) is 4.79 Å². The predicted octanol–water partition coefficient (Wildman–Crippen LogP) is 1.96. The normalized spacial score (nSPS) is 10.5. The molecule has 2 rings (SSSR count). The molecule has 1 aromatic heterocycles. The number of nitrogens with zero attached hydrogens (tertiary/aromatic N) is 2. The molecule has 0 aliphatic rings. The zero-order chi connectivity index (χ0) is 10.8. The smallest absolute Gasteiger partial charge is 0.296 e. The molecular weight excluding hydrogens is 260 g/mol. The molecule has 2 aromatic rings. The van der Waals surface area contributed by atoms with Crippen LogP contribution in [0.2, 0.25) is 0 Å². The molecular formula is C10H9BrN2O2. The van der Waals surface area contributed by atoms with Gasteiger partial charge in [0.15, 0.2) is 5.82 Å². The third-order valence-electron chi connectivity index (χ3n) is 2.12. The van der Waals surface area contributed by atoms with E-state index in [4.69, 9.17) is 0 Å². The van der Waals surface area contributed by atoms with E-state index in [0.29, 0.717) is 12.4 Å². The second kappa shape index (κ2) is 4.02. The zero-order valence-corrected chi connectivity index (χ0v) is 9.69. The Morgan fingerprint density at radius 2 is 2.07 bits per heavy atom. The number of rotatable bonds is 2. The average Bonchev–Trinajstić information content (AvgIpc) is 2.53. The molecule has 0 saturated heterocycles. The fourth-order valence-corrected chi connectivity index (χ4v) is 1.55. The minimum atomic E-state index is -0.421. The number of halogens is 1. The van der Waals surface area contributed by atoms with Gasteiger partial charge in [0.25, 0.3) is 0 Å². The molecule has 0 amide bonds. The molecule has 0 aliphatic heterocycles. The second-order valence-corrected chi connectivity index (χ2v) is 4.12. The van der Waals surface area contributed by atoms with Crippen LogP contribution in [-0.2, 0) is 6.54 Å². The molecule has 1 aromatic carbocycles. The van der Waals surface area contributed by atoms with Gasteiger partial charge in [0.05, 0.1) is 6.54 Å². The summed E-state index contributed by atoms with van der Waals surface area (Å²) < 4.78 is 7.04. The summed E-state index contributed by atoms with van der Waals surface area (Å²) in [6, 6.07) is 7.76. The van der Waals surface area contributed by atoms with E-state index >= 15 is 0 Å². The first kappa shape index (κ1) is 10.2. The summed E-state index contributed by atoms with van der Waals surface area (Å²) in [6.45, 7) is 2.23. The van der Waals surface area contributed by atoms with Gasteiger partial charge in [-0.3, -0.25) is 9.09 Å². The zero-order valence-electron chi connectivity index (χ0n) is 8.11. The molecule has 5 heteroatoms. The maximum Gasteiger partial charge on any atom is 0.441 e. The van der Waals surface area contributed by atoms with Crippen LogP contribution in [0.3, 0.4) is 0 Å². The molecule has 0 spiro atoms. The maximum atomic E-state index is 11.2. The third-order valence-corrected chi connectivity index (χ3v) is 2.65. The van der Waals surface area contributed by atoms with Crippen LogP contribution < -0.4 is 5.76 Å². The highest BCUT2D eigenvalue weighted by molar-refractivity contribution is 9.10. The fraction of sp³-hybridized carbons (Fsp3) is 0.200. The van der Waals surface area contributed by atoms with Gasteiger partial charge in [0.1, 0.15) is 0 Å². The van der Waals surface area contributed by atoms with Crippen molar-refractivity contribution in [1.82, 2.24) is 9.72 Å². The Morgan fingerprint density at radius 3 is 2.60 bits per heavy atom. The van der Waals surface area contributed by atoms with Crippen LogP contribution in [0, 0.1) is 6.92 Å². The second-order valence-electron chi connectivity index (χ2n) is 3.21. The number of benzene rings is 1. The van der Waals surface area contributed by atoms with Crippen molar-refractivity contribution in [3.8, 4) is 0 Å². The molecule has 4 nitrogen and oxygen atoms in total. The Labute approximate surface area is 94.6 Å². The highest BCUT2D eigenvalue weighted by Gasteiger charge is 2.05. The minimum absolute atomic E-state index is 0.421. The monoisotopic (exact) mass is 268 g/mol.